The van der Waals surface area contributed by atoms with Gasteiger partial charge in [-0.1, -0.05) is 29.5 Å². The number of carbonyl (C=O) groups excluding carboxylic acids is 1. The van der Waals surface area contributed by atoms with Crippen LogP contribution in [0.5, 0.6) is 0 Å². The minimum Gasteiger partial charge on any atom is -0.341 e. The predicted octanol–water partition coefficient (Wildman–Crippen LogP) is 0.708. The number of tetrazole rings is 1. The quantitative estimate of drug-likeness (QED) is 0.703. The lowest BCUT2D eigenvalue weighted by Gasteiger charge is -2.23. The van der Waals surface area contributed by atoms with Gasteiger partial charge in [0.1, 0.15) is 0 Å². The van der Waals surface area contributed by atoms with Crippen molar-refractivity contribution in [1.82, 2.24) is 25.1 Å². The standard InChI is InChI=1S/C15H19N5O3S2/c1-11-3-5-12(6-4-11)20-15(16-17-18-20)24-9-14(21)19(2)13-7-8-25(22,23)10-13/h3-6,13H,7-10H2,1-2H3/t13-/m1/s1. The van der Waals surface area contributed by atoms with Crippen LogP contribution >= 0.6 is 11.8 Å². The van der Waals surface area contributed by atoms with Crippen LogP contribution in [0.4, 0.5) is 0 Å². The molecule has 0 saturated carbocycles. The molecule has 1 aromatic heterocycles. The van der Waals surface area contributed by atoms with Crippen LogP contribution in [0.15, 0.2) is 29.4 Å². The van der Waals surface area contributed by atoms with Crippen LogP contribution in [0.1, 0.15) is 12.0 Å². The van der Waals surface area contributed by atoms with Gasteiger partial charge in [0.25, 0.3) is 0 Å². The molecule has 1 fully saturated rings. The summed E-state index contributed by atoms with van der Waals surface area (Å²) in [5, 5.41) is 12.1. The van der Waals surface area contributed by atoms with Crippen molar-refractivity contribution >= 4 is 27.5 Å². The topological polar surface area (TPSA) is 98.1 Å². The van der Waals surface area contributed by atoms with E-state index in [1.807, 2.05) is 31.2 Å². The van der Waals surface area contributed by atoms with E-state index in [1.54, 1.807) is 11.7 Å². The van der Waals surface area contributed by atoms with E-state index in [2.05, 4.69) is 15.5 Å². The van der Waals surface area contributed by atoms with Crippen molar-refractivity contribution in [1.29, 1.82) is 0 Å². The average molecular weight is 381 g/mol. The number of sulfone groups is 1. The summed E-state index contributed by atoms with van der Waals surface area (Å²) in [7, 11) is -1.37. The molecular formula is C15H19N5O3S2. The van der Waals surface area contributed by atoms with Gasteiger partial charge in [-0.2, -0.15) is 4.68 Å². The van der Waals surface area contributed by atoms with Gasteiger partial charge in [-0.05, 0) is 35.9 Å². The lowest BCUT2D eigenvalue weighted by Crippen LogP contribution is -2.38. The lowest BCUT2D eigenvalue weighted by atomic mass is 10.2. The van der Waals surface area contributed by atoms with E-state index in [0.717, 1.165) is 11.3 Å². The number of amides is 1. The zero-order valence-electron chi connectivity index (χ0n) is 14.0. The maximum atomic E-state index is 12.4. The van der Waals surface area contributed by atoms with Crippen LogP contribution in [-0.2, 0) is 14.6 Å². The molecule has 0 bridgehead atoms. The number of aryl methyl sites for hydroxylation is 1. The van der Waals surface area contributed by atoms with Crippen molar-refractivity contribution < 1.29 is 13.2 Å². The molecule has 1 saturated heterocycles. The van der Waals surface area contributed by atoms with Gasteiger partial charge in [-0.3, -0.25) is 4.79 Å². The van der Waals surface area contributed by atoms with Gasteiger partial charge in [0.15, 0.2) is 9.84 Å². The van der Waals surface area contributed by atoms with Crippen molar-refractivity contribution in [2.24, 2.45) is 0 Å². The fraction of sp³-hybridized carbons (Fsp3) is 0.467. The highest BCUT2D eigenvalue weighted by Gasteiger charge is 2.32. The molecule has 2 heterocycles. The Balaban J connectivity index is 1.63. The number of carbonyl (C=O) groups is 1. The number of thioether (sulfide) groups is 1. The molecule has 3 rings (SSSR count). The molecule has 10 heteroatoms. The van der Waals surface area contributed by atoms with Gasteiger partial charge in [-0.25, -0.2) is 8.42 Å². The highest BCUT2D eigenvalue weighted by molar-refractivity contribution is 7.99. The average Bonchev–Trinajstić information content (AvgIpc) is 3.18. The number of benzene rings is 1. The van der Waals surface area contributed by atoms with Crippen LogP contribution in [0, 0.1) is 6.92 Å². The monoisotopic (exact) mass is 381 g/mol. The van der Waals surface area contributed by atoms with E-state index in [-0.39, 0.29) is 29.2 Å². The van der Waals surface area contributed by atoms with Gasteiger partial charge in [0.2, 0.25) is 11.1 Å². The Hall–Kier alpha value is -1.94. The van der Waals surface area contributed by atoms with E-state index in [9.17, 15) is 13.2 Å². The second-order valence-electron chi connectivity index (χ2n) is 6.06. The third kappa shape index (κ3) is 4.18. The molecule has 8 nitrogen and oxygen atoms in total. The van der Waals surface area contributed by atoms with Crippen LogP contribution in [0.3, 0.4) is 0 Å². The first-order chi connectivity index (χ1) is 11.9. The van der Waals surface area contributed by atoms with Gasteiger partial charge in [-0.15, -0.1) is 5.10 Å². The largest absolute Gasteiger partial charge is 0.341 e. The first-order valence-corrected chi connectivity index (χ1v) is 10.6. The minimum atomic E-state index is -3.02. The SMILES string of the molecule is Cc1ccc(-n2nnnc2SCC(=O)N(C)[C@@H]2CCS(=O)(=O)C2)cc1. The summed E-state index contributed by atoms with van der Waals surface area (Å²) in [5.74, 6) is 0.208. The normalized spacial score (nSPS) is 19.0. The molecule has 0 N–H and O–H groups in total. The summed E-state index contributed by atoms with van der Waals surface area (Å²) in [6.07, 6.45) is 0.496. The number of aromatic nitrogens is 4. The lowest BCUT2D eigenvalue weighted by molar-refractivity contribution is -0.128. The Bertz CT molecular complexity index is 864. The van der Waals surface area contributed by atoms with Crippen LogP contribution in [0.2, 0.25) is 0 Å². The molecule has 0 radical (unpaired) electrons. The molecule has 134 valence electrons. The number of rotatable bonds is 5. The second-order valence-corrected chi connectivity index (χ2v) is 9.23. The van der Waals surface area contributed by atoms with Crippen molar-refractivity contribution in [2.45, 2.75) is 24.5 Å². The first-order valence-electron chi connectivity index (χ1n) is 7.80. The summed E-state index contributed by atoms with van der Waals surface area (Å²) in [5.41, 5.74) is 1.95. The highest BCUT2D eigenvalue weighted by Crippen LogP contribution is 2.21. The van der Waals surface area contributed by atoms with Crippen molar-refractivity contribution in [2.75, 3.05) is 24.3 Å². The van der Waals surface area contributed by atoms with Crippen molar-refractivity contribution in [3.63, 3.8) is 0 Å². The molecule has 2 aromatic rings. The van der Waals surface area contributed by atoms with E-state index in [4.69, 9.17) is 0 Å². The fourth-order valence-electron chi connectivity index (χ4n) is 2.63. The van der Waals surface area contributed by atoms with E-state index in [0.29, 0.717) is 11.6 Å². The molecule has 1 aliphatic rings. The fourth-order valence-corrected chi connectivity index (χ4v) is 5.22. The van der Waals surface area contributed by atoms with Gasteiger partial charge in [0, 0.05) is 13.1 Å². The molecule has 1 atom stereocenters. The predicted molar refractivity (Wildman–Crippen MR) is 94.4 cm³/mol. The molecular weight excluding hydrogens is 362 g/mol. The second kappa shape index (κ2) is 7.12. The minimum absolute atomic E-state index is 0.0427. The zero-order valence-corrected chi connectivity index (χ0v) is 15.6. The molecule has 0 aliphatic carbocycles. The Morgan fingerprint density at radius 3 is 2.72 bits per heavy atom. The number of hydrogen-bond acceptors (Lipinski definition) is 7. The Morgan fingerprint density at radius 1 is 1.36 bits per heavy atom. The van der Waals surface area contributed by atoms with Crippen LogP contribution in [-0.4, -0.2) is 69.8 Å². The Labute approximate surface area is 150 Å². The van der Waals surface area contributed by atoms with E-state index >= 15 is 0 Å². The molecule has 0 spiro atoms. The summed E-state index contributed by atoms with van der Waals surface area (Å²) in [6, 6.07) is 7.50. The molecule has 1 aliphatic heterocycles. The number of nitrogens with zero attached hydrogens (tertiary/aromatic N) is 5. The van der Waals surface area contributed by atoms with Gasteiger partial charge < -0.3 is 4.90 Å². The summed E-state index contributed by atoms with van der Waals surface area (Å²) in [4.78, 5) is 13.9. The summed E-state index contributed by atoms with van der Waals surface area (Å²) in [6.45, 7) is 2.00. The first kappa shape index (κ1) is 17.9. The van der Waals surface area contributed by atoms with Crippen LogP contribution in [0.25, 0.3) is 5.69 Å². The molecule has 1 aromatic carbocycles. The molecule has 1 amide bonds. The Kier molecular flexibility index (Phi) is 5.09. The third-order valence-electron chi connectivity index (χ3n) is 4.19. The maximum absolute atomic E-state index is 12.4. The zero-order chi connectivity index (χ0) is 18.0. The maximum Gasteiger partial charge on any atom is 0.233 e. The van der Waals surface area contributed by atoms with Crippen molar-refractivity contribution in [3.8, 4) is 5.69 Å². The van der Waals surface area contributed by atoms with Crippen molar-refractivity contribution in [3.05, 3.63) is 29.8 Å². The molecule has 0 unspecified atom stereocenters. The van der Waals surface area contributed by atoms with Gasteiger partial charge in [0.05, 0.1) is 22.9 Å². The third-order valence-corrected chi connectivity index (χ3v) is 6.85. The number of hydrogen-bond donors (Lipinski definition) is 0. The summed E-state index contributed by atoms with van der Waals surface area (Å²) >= 11 is 1.23. The van der Waals surface area contributed by atoms with Crippen LogP contribution < -0.4 is 0 Å². The van der Waals surface area contributed by atoms with E-state index in [1.165, 1.54) is 16.7 Å². The Morgan fingerprint density at radius 2 is 2.08 bits per heavy atom. The highest BCUT2D eigenvalue weighted by atomic mass is 32.2. The smallest absolute Gasteiger partial charge is 0.233 e. The molecule has 25 heavy (non-hydrogen) atoms. The summed E-state index contributed by atoms with van der Waals surface area (Å²) < 4.78 is 24.7. The van der Waals surface area contributed by atoms with Gasteiger partial charge >= 0.3 is 0 Å². The van der Waals surface area contributed by atoms with E-state index < -0.39 is 9.84 Å².